The molecule has 2 heterocycles. The van der Waals surface area contributed by atoms with E-state index in [1.807, 2.05) is 0 Å². The summed E-state index contributed by atoms with van der Waals surface area (Å²) in [4.78, 5) is 6.95. The predicted octanol–water partition coefficient (Wildman–Crippen LogP) is 5.77. The van der Waals surface area contributed by atoms with Crippen molar-refractivity contribution in [3.8, 4) is 0 Å². The quantitative estimate of drug-likeness (QED) is 0.648. The molecule has 1 aromatic rings. The average molecular weight is 373 g/mol. The molecule has 1 aromatic carbocycles. The Morgan fingerprint density at radius 3 is 2.35 bits per heavy atom. The van der Waals surface area contributed by atoms with E-state index in [2.05, 4.69) is 59.7 Å². The first-order valence-corrected chi connectivity index (χ1v) is 11.8. The Kier molecular flexibility index (Phi) is 5.97. The number of nitrogens with zero attached hydrogens (tertiary/aromatic N) is 2. The number of benzene rings is 1. The van der Waals surface area contributed by atoms with Crippen molar-refractivity contribution in [2.24, 2.45) is 5.92 Å². The Morgan fingerprint density at radius 2 is 1.65 bits per heavy atom. The predicted molar refractivity (Wildman–Crippen MR) is 113 cm³/mol. The molecule has 3 aliphatic rings. The second-order valence-electron chi connectivity index (χ2n) is 9.08. The van der Waals surface area contributed by atoms with Crippen LogP contribution in [0.5, 0.6) is 0 Å². The number of hydrogen-bond donors (Lipinski definition) is 0. The molecule has 0 bridgehead atoms. The fourth-order valence-corrected chi connectivity index (χ4v) is 6.43. The molecule has 2 saturated heterocycles. The molecule has 1 atom stereocenters. The molecule has 1 aliphatic carbocycles. The zero-order valence-electron chi connectivity index (χ0n) is 16.8. The van der Waals surface area contributed by atoms with Crippen molar-refractivity contribution in [2.45, 2.75) is 87.6 Å². The van der Waals surface area contributed by atoms with E-state index in [-0.39, 0.29) is 0 Å². The van der Waals surface area contributed by atoms with Gasteiger partial charge in [-0.1, -0.05) is 19.1 Å². The van der Waals surface area contributed by atoms with Crippen LogP contribution in [0.25, 0.3) is 0 Å². The van der Waals surface area contributed by atoms with E-state index in [0.717, 1.165) is 17.7 Å². The molecule has 0 N–H and O–H groups in total. The van der Waals surface area contributed by atoms with Gasteiger partial charge >= 0.3 is 0 Å². The van der Waals surface area contributed by atoms with Crippen LogP contribution in [0.3, 0.4) is 0 Å². The molecular weight excluding hydrogens is 336 g/mol. The third-order valence-corrected chi connectivity index (χ3v) is 8.46. The van der Waals surface area contributed by atoms with Gasteiger partial charge in [0.1, 0.15) is 0 Å². The van der Waals surface area contributed by atoms with E-state index in [1.165, 1.54) is 81.5 Å². The van der Waals surface area contributed by atoms with Crippen LogP contribution in [-0.4, -0.2) is 40.3 Å². The van der Waals surface area contributed by atoms with E-state index in [1.54, 1.807) is 0 Å². The SMILES string of the molecule is CC1CCC(Sc2ccc(CN3CCCC3(C)N3CCCC3)cc2)CC1. The Bertz CT molecular complexity index is 572. The topological polar surface area (TPSA) is 6.48 Å². The summed E-state index contributed by atoms with van der Waals surface area (Å²) in [6.45, 7) is 9.84. The summed E-state index contributed by atoms with van der Waals surface area (Å²) in [6.07, 6.45) is 11.1. The number of hydrogen-bond acceptors (Lipinski definition) is 3. The van der Waals surface area contributed by atoms with Gasteiger partial charge in [-0.25, -0.2) is 0 Å². The van der Waals surface area contributed by atoms with Crippen molar-refractivity contribution in [2.75, 3.05) is 19.6 Å². The summed E-state index contributed by atoms with van der Waals surface area (Å²) < 4.78 is 0. The average Bonchev–Trinajstić information content (AvgIpc) is 3.30. The molecule has 0 aromatic heterocycles. The van der Waals surface area contributed by atoms with Crippen LogP contribution in [0.2, 0.25) is 0 Å². The fourth-order valence-electron chi connectivity index (χ4n) is 5.24. The molecule has 0 radical (unpaired) electrons. The highest BCUT2D eigenvalue weighted by Gasteiger charge is 2.42. The van der Waals surface area contributed by atoms with Crippen LogP contribution in [-0.2, 0) is 6.54 Å². The first-order valence-electron chi connectivity index (χ1n) is 10.9. The van der Waals surface area contributed by atoms with Crippen LogP contribution in [0.4, 0.5) is 0 Å². The Balaban J connectivity index is 1.35. The lowest BCUT2D eigenvalue weighted by Gasteiger charge is -2.43. The van der Waals surface area contributed by atoms with Crippen LogP contribution in [0.1, 0.15) is 70.8 Å². The Morgan fingerprint density at radius 1 is 0.962 bits per heavy atom. The molecule has 1 saturated carbocycles. The van der Waals surface area contributed by atoms with E-state index in [9.17, 15) is 0 Å². The zero-order valence-corrected chi connectivity index (χ0v) is 17.6. The molecule has 0 spiro atoms. The molecule has 3 fully saturated rings. The second kappa shape index (κ2) is 8.24. The highest BCUT2D eigenvalue weighted by atomic mass is 32.2. The van der Waals surface area contributed by atoms with Crippen molar-refractivity contribution in [3.05, 3.63) is 29.8 Å². The number of thioether (sulfide) groups is 1. The lowest BCUT2D eigenvalue weighted by Crippen LogP contribution is -2.53. The minimum atomic E-state index is 0.294. The molecule has 3 heteroatoms. The van der Waals surface area contributed by atoms with Crippen LogP contribution in [0, 0.1) is 5.92 Å². The lowest BCUT2D eigenvalue weighted by atomic mass is 9.91. The second-order valence-corrected chi connectivity index (χ2v) is 10.5. The summed E-state index contributed by atoms with van der Waals surface area (Å²) in [6, 6.07) is 9.52. The molecule has 2 aliphatic heterocycles. The van der Waals surface area contributed by atoms with E-state index >= 15 is 0 Å². The van der Waals surface area contributed by atoms with Crippen molar-refractivity contribution >= 4 is 11.8 Å². The van der Waals surface area contributed by atoms with Crippen molar-refractivity contribution < 1.29 is 0 Å². The highest BCUT2D eigenvalue weighted by molar-refractivity contribution is 8.00. The van der Waals surface area contributed by atoms with Crippen molar-refractivity contribution in [3.63, 3.8) is 0 Å². The van der Waals surface area contributed by atoms with Gasteiger partial charge in [0.2, 0.25) is 0 Å². The van der Waals surface area contributed by atoms with Gasteiger partial charge in [-0.2, -0.15) is 0 Å². The van der Waals surface area contributed by atoms with Crippen LogP contribution < -0.4 is 0 Å². The number of likely N-dealkylation sites (tertiary alicyclic amines) is 2. The normalized spacial score (nSPS) is 33.8. The van der Waals surface area contributed by atoms with Crippen LogP contribution >= 0.6 is 11.8 Å². The highest BCUT2D eigenvalue weighted by Crippen LogP contribution is 2.37. The van der Waals surface area contributed by atoms with Crippen molar-refractivity contribution in [1.29, 1.82) is 0 Å². The van der Waals surface area contributed by atoms with Gasteiger partial charge in [-0.3, -0.25) is 9.80 Å². The number of rotatable bonds is 5. The maximum absolute atomic E-state index is 2.74. The Hall–Kier alpha value is -0.510. The molecule has 26 heavy (non-hydrogen) atoms. The molecule has 4 rings (SSSR count). The monoisotopic (exact) mass is 372 g/mol. The van der Waals surface area contributed by atoms with E-state index in [4.69, 9.17) is 0 Å². The third-order valence-electron chi connectivity index (χ3n) is 7.11. The largest absolute Gasteiger partial charge is 0.286 e. The van der Waals surface area contributed by atoms with Gasteiger partial charge in [-0.15, -0.1) is 11.8 Å². The third kappa shape index (κ3) is 4.15. The van der Waals surface area contributed by atoms with Gasteiger partial charge in [-0.05, 0) is 95.0 Å². The fraction of sp³-hybridized carbons (Fsp3) is 0.739. The van der Waals surface area contributed by atoms with E-state index in [0.29, 0.717) is 5.66 Å². The van der Waals surface area contributed by atoms with Gasteiger partial charge in [0.05, 0.1) is 5.66 Å². The molecule has 144 valence electrons. The van der Waals surface area contributed by atoms with Gasteiger partial charge in [0.15, 0.2) is 0 Å². The maximum atomic E-state index is 2.74. The zero-order chi connectivity index (χ0) is 18.0. The van der Waals surface area contributed by atoms with Gasteiger partial charge in [0.25, 0.3) is 0 Å². The van der Waals surface area contributed by atoms with Gasteiger partial charge in [0, 0.05) is 23.2 Å². The minimum absolute atomic E-state index is 0.294. The molecule has 1 unspecified atom stereocenters. The summed E-state index contributed by atoms with van der Waals surface area (Å²) >= 11 is 2.12. The molecule has 2 nitrogen and oxygen atoms in total. The summed E-state index contributed by atoms with van der Waals surface area (Å²) in [5.41, 5.74) is 1.78. The summed E-state index contributed by atoms with van der Waals surface area (Å²) in [7, 11) is 0. The Labute approximate surface area is 164 Å². The van der Waals surface area contributed by atoms with Gasteiger partial charge < -0.3 is 0 Å². The summed E-state index contributed by atoms with van der Waals surface area (Å²) in [5, 5.41) is 0.842. The molecular formula is C23H36N2S. The first-order chi connectivity index (χ1) is 12.6. The van der Waals surface area contributed by atoms with E-state index < -0.39 is 0 Å². The first kappa shape index (κ1) is 18.8. The standard InChI is InChI=1S/C23H36N2S/c1-19-6-10-21(11-7-19)26-22-12-8-20(9-13-22)18-25-17-5-14-23(25,2)24-15-3-4-16-24/h8-9,12-13,19,21H,3-7,10-11,14-18H2,1-2H3. The smallest absolute Gasteiger partial charge is 0.0712 e. The van der Waals surface area contributed by atoms with Crippen LogP contribution in [0.15, 0.2) is 29.2 Å². The maximum Gasteiger partial charge on any atom is 0.0712 e. The lowest BCUT2D eigenvalue weighted by molar-refractivity contribution is -0.00589. The summed E-state index contributed by atoms with van der Waals surface area (Å²) in [5.74, 6) is 0.944. The minimum Gasteiger partial charge on any atom is -0.286 e. The van der Waals surface area contributed by atoms with Crippen molar-refractivity contribution in [1.82, 2.24) is 9.80 Å². The molecule has 0 amide bonds.